The van der Waals surface area contributed by atoms with Gasteiger partial charge < -0.3 is 20.1 Å². The van der Waals surface area contributed by atoms with Crippen LogP contribution in [0.1, 0.15) is 19.4 Å². The zero-order valence-corrected chi connectivity index (χ0v) is 16.1. The van der Waals surface area contributed by atoms with Crippen molar-refractivity contribution in [3.8, 4) is 5.75 Å². The molecule has 1 atom stereocenters. The minimum absolute atomic E-state index is 0.160. The van der Waals surface area contributed by atoms with Crippen LogP contribution < -0.4 is 15.4 Å². The normalized spacial score (nSPS) is 17.0. The van der Waals surface area contributed by atoms with E-state index in [1.165, 1.54) is 6.07 Å². The van der Waals surface area contributed by atoms with E-state index < -0.39 is 6.61 Å². The highest BCUT2D eigenvalue weighted by atomic mass is 19.3. The van der Waals surface area contributed by atoms with Gasteiger partial charge in [0.1, 0.15) is 5.75 Å². The zero-order valence-electron chi connectivity index (χ0n) is 16.1. The Balaban J connectivity index is 1.88. The summed E-state index contributed by atoms with van der Waals surface area (Å²) >= 11 is 0. The average Bonchev–Trinajstić information content (AvgIpc) is 2.65. The Morgan fingerprint density at radius 2 is 2.00 bits per heavy atom. The number of para-hydroxylation sites is 1. The Hall–Kier alpha value is -1.93. The number of guanidine groups is 1. The number of hydrogen-bond donors (Lipinski definition) is 2. The first-order valence-electron chi connectivity index (χ1n) is 9.43. The molecule has 1 aromatic carbocycles. The molecular formula is C19H30F2N4O2. The highest BCUT2D eigenvalue weighted by Gasteiger charge is 2.14. The number of morpholine rings is 1. The maximum absolute atomic E-state index is 12.5. The van der Waals surface area contributed by atoms with Crippen LogP contribution in [0.2, 0.25) is 0 Å². The fraction of sp³-hybridized carbons (Fsp3) is 0.632. The summed E-state index contributed by atoms with van der Waals surface area (Å²) in [6, 6.07) is 6.73. The molecule has 0 bridgehead atoms. The van der Waals surface area contributed by atoms with Crippen LogP contribution in [-0.2, 0) is 11.3 Å². The number of hydrogen-bond acceptors (Lipinski definition) is 4. The van der Waals surface area contributed by atoms with Gasteiger partial charge in [0.25, 0.3) is 0 Å². The minimum atomic E-state index is -2.84. The lowest BCUT2D eigenvalue weighted by atomic mass is 10.1. The van der Waals surface area contributed by atoms with E-state index in [-0.39, 0.29) is 12.3 Å². The van der Waals surface area contributed by atoms with Gasteiger partial charge >= 0.3 is 6.61 Å². The molecule has 0 spiro atoms. The quantitative estimate of drug-likeness (QED) is 0.506. The van der Waals surface area contributed by atoms with Gasteiger partial charge in [0.15, 0.2) is 5.96 Å². The van der Waals surface area contributed by atoms with Gasteiger partial charge in [-0.2, -0.15) is 8.78 Å². The third-order valence-corrected chi connectivity index (χ3v) is 4.23. The number of aliphatic imine (C=N–C) groups is 1. The molecule has 0 radical (unpaired) electrons. The molecule has 1 unspecified atom stereocenters. The first-order valence-corrected chi connectivity index (χ1v) is 9.43. The van der Waals surface area contributed by atoms with Gasteiger partial charge in [-0.1, -0.05) is 25.1 Å². The van der Waals surface area contributed by atoms with Crippen LogP contribution in [0.15, 0.2) is 29.3 Å². The molecule has 0 aliphatic carbocycles. The summed E-state index contributed by atoms with van der Waals surface area (Å²) in [5, 5.41) is 6.52. The molecule has 8 heteroatoms. The summed E-state index contributed by atoms with van der Waals surface area (Å²) in [6.07, 6.45) is 0. The Morgan fingerprint density at radius 3 is 2.70 bits per heavy atom. The van der Waals surface area contributed by atoms with E-state index in [0.717, 1.165) is 45.9 Å². The van der Waals surface area contributed by atoms with Crippen molar-refractivity contribution in [1.82, 2.24) is 15.5 Å². The van der Waals surface area contributed by atoms with Crippen LogP contribution in [0.5, 0.6) is 5.75 Å². The van der Waals surface area contributed by atoms with Crippen LogP contribution in [0.25, 0.3) is 0 Å². The van der Waals surface area contributed by atoms with E-state index in [1.807, 2.05) is 6.92 Å². The van der Waals surface area contributed by atoms with E-state index >= 15 is 0 Å². The van der Waals surface area contributed by atoms with E-state index in [9.17, 15) is 8.78 Å². The lowest BCUT2D eigenvalue weighted by molar-refractivity contribution is -0.0504. The largest absolute Gasteiger partial charge is 0.434 e. The lowest BCUT2D eigenvalue weighted by Crippen LogP contribution is -2.44. The predicted molar refractivity (Wildman–Crippen MR) is 102 cm³/mol. The van der Waals surface area contributed by atoms with E-state index in [0.29, 0.717) is 17.4 Å². The van der Waals surface area contributed by atoms with E-state index in [2.05, 4.69) is 32.2 Å². The standard InChI is InChI=1S/C19H30F2N4O2/c1-3-22-19(23-12-15(2)14-25-8-10-26-11-9-25)24-13-16-6-4-5-7-17(16)27-18(20)21/h4-7,15,18H,3,8-14H2,1-2H3,(H2,22,23,24). The summed E-state index contributed by atoms with van der Waals surface area (Å²) in [7, 11) is 0. The van der Waals surface area contributed by atoms with Gasteiger partial charge in [0.2, 0.25) is 0 Å². The first kappa shape index (κ1) is 21.4. The Morgan fingerprint density at radius 1 is 1.26 bits per heavy atom. The fourth-order valence-corrected chi connectivity index (χ4v) is 2.91. The maximum atomic E-state index is 12.5. The molecule has 0 saturated carbocycles. The predicted octanol–water partition coefficient (Wildman–Crippen LogP) is 2.31. The highest BCUT2D eigenvalue weighted by Crippen LogP contribution is 2.20. The fourth-order valence-electron chi connectivity index (χ4n) is 2.91. The van der Waals surface area contributed by atoms with E-state index in [1.54, 1.807) is 18.2 Å². The van der Waals surface area contributed by atoms with Crippen molar-refractivity contribution in [2.75, 3.05) is 45.9 Å². The number of halogens is 2. The summed E-state index contributed by atoms with van der Waals surface area (Å²) in [4.78, 5) is 6.91. The molecule has 1 aliphatic heterocycles. The van der Waals surface area contributed by atoms with Crippen LogP contribution in [0, 0.1) is 5.92 Å². The number of ether oxygens (including phenoxy) is 2. The second-order valence-electron chi connectivity index (χ2n) is 6.58. The van der Waals surface area contributed by atoms with Gasteiger partial charge in [-0.05, 0) is 18.9 Å². The molecule has 2 rings (SSSR count). The second-order valence-corrected chi connectivity index (χ2v) is 6.58. The highest BCUT2D eigenvalue weighted by molar-refractivity contribution is 5.79. The lowest BCUT2D eigenvalue weighted by Gasteiger charge is -2.29. The van der Waals surface area contributed by atoms with Crippen molar-refractivity contribution in [2.24, 2.45) is 10.9 Å². The molecule has 2 N–H and O–H groups in total. The minimum Gasteiger partial charge on any atom is -0.434 e. The van der Waals surface area contributed by atoms with Gasteiger partial charge in [-0.25, -0.2) is 4.99 Å². The van der Waals surface area contributed by atoms with Crippen molar-refractivity contribution in [1.29, 1.82) is 0 Å². The summed E-state index contributed by atoms with van der Waals surface area (Å²) in [5.74, 6) is 1.27. The second kappa shape index (κ2) is 11.7. The topological polar surface area (TPSA) is 58.1 Å². The monoisotopic (exact) mass is 384 g/mol. The van der Waals surface area contributed by atoms with Crippen molar-refractivity contribution < 1.29 is 18.3 Å². The number of alkyl halides is 2. The van der Waals surface area contributed by atoms with Gasteiger partial charge in [0, 0.05) is 38.3 Å². The first-order chi connectivity index (χ1) is 13.1. The smallest absolute Gasteiger partial charge is 0.387 e. The molecule has 27 heavy (non-hydrogen) atoms. The van der Waals surface area contributed by atoms with Crippen molar-refractivity contribution >= 4 is 5.96 Å². The Labute approximate surface area is 159 Å². The molecule has 0 aromatic heterocycles. The molecule has 1 aromatic rings. The van der Waals surface area contributed by atoms with Crippen LogP contribution in [0.4, 0.5) is 8.78 Å². The van der Waals surface area contributed by atoms with Crippen molar-refractivity contribution in [3.05, 3.63) is 29.8 Å². The third kappa shape index (κ3) is 8.09. The van der Waals surface area contributed by atoms with Gasteiger partial charge in [0.05, 0.1) is 19.8 Å². The van der Waals surface area contributed by atoms with Gasteiger partial charge in [-0.3, -0.25) is 4.90 Å². The Kier molecular flexibility index (Phi) is 9.27. The van der Waals surface area contributed by atoms with Crippen LogP contribution >= 0.6 is 0 Å². The molecule has 1 aliphatic rings. The van der Waals surface area contributed by atoms with Crippen LogP contribution in [-0.4, -0.2) is 63.4 Å². The summed E-state index contributed by atoms with van der Waals surface area (Å²) in [5.41, 5.74) is 0.622. The van der Waals surface area contributed by atoms with E-state index in [4.69, 9.17) is 4.74 Å². The molecular weight excluding hydrogens is 354 g/mol. The molecule has 1 heterocycles. The SMILES string of the molecule is CCNC(=NCc1ccccc1OC(F)F)NCC(C)CN1CCOCC1. The van der Waals surface area contributed by atoms with Crippen molar-refractivity contribution in [3.63, 3.8) is 0 Å². The number of rotatable bonds is 9. The third-order valence-electron chi connectivity index (χ3n) is 4.23. The number of benzene rings is 1. The Bertz CT molecular complexity index is 581. The number of nitrogens with zero attached hydrogens (tertiary/aromatic N) is 2. The number of nitrogens with one attached hydrogen (secondary N) is 2. The van der Waals surface area contributed by atoms with Gasteiger partial charge in [-0.15, -0.1) is 0 Å². The molecule has 0 amide bonds. The molecule has 152 valence electrons. The molecule has 6 nitrogen and oxygen atoms in total. The maximum Gasteiger partial charge on any atom is 0.387 e. The summed E-state index contributed by atoms with van der Waals surface area (Å²) < 4.78 is 35.0. The zero-order chi connectivity index (χ0) is 19.5. The van der Waals surface area contributed by atoms with Crippen molar-refractivity contribution in [2.45, 2.75) is 27.0 Å². The average molecular weight is 384 g/mol. The molecule has 1 saturated heterocycles. The van der Waals surface area contributed by atoms with Crippen LogP contribution in [0.3, 0.4) is 0 Å². The molecule has 1 fully saturated rings. The summed E-state index contributed by atoms with van der Waals surface area (Å²) in [6.45, 7) is 7.63.